The van der Waals surface area contributed by atoms with Crippen LogP contribution in [0.3, 0.4) is 0 Å². The van der Waals surface area contributed by atoms with E-state index in [1.165, 1.54) is 12.8 Å². The number of hydrogen-bond acceptors (Lipinski definition) is 3. The van der Waals surface area contributed by atoms with Gasteiger partial charge in [-0.1, -0.05) is 0 Å². The molecule has 0 amide bonds. The number of ether oxygens (including phenoxy) is 1. The first-order valence-corrected chi connectivity index (χ1v) is 6.34. The van der Waals surface area contributed by atoms with Gasteiger partial charge in [0, 0.05) is 13.2 Å². The number of rotatable bonds is 6. The zero-order valence-electron chi connectivity index (χ0n) is 10.6. The normalized spacial score (nSPS) is 18.3. The highest BCUT2D eigenvalue weighted by atomic mass is 16.5. The molecule has 0 saturated carbocycles. The van der Waals surface area contributed by atoms with Gasteiger partial charge >= 0.3 is 0 Å². The van der Waals surface area contributed by atoms with Crippen LogP contribution < -0.4 is 5.32 Å². The molecule has 0 atom stereocenters. The van der Waals surface area contributed by atoms with Crippen molar-refractivity contribution in [3.63, 3.8) is 0 Å². The first-order valence-electron chi connectivity index (χ1n) is 6.34. The summed E-state index contributed by atoms with van der Waals surface area (Å²) in [5.41, 5.74) is -0.196. The van der Waals surface area contributed by atoms with Crippen molar-refractivity contribution >= 4 is 0 Å². The minimum absolute atomic E-state index is 0.196. The first-order chi connectivity index (χ1) is 7.64. The summed E-state index contributed by atoms with van der Waals surface area (Å²) in [4.78, 5) is 0. The zero-order valence-corrected chi connectivity index (χ0v) is 10.6. The van der Waals surface area contributed by atoms with E-state index in [0.29, 0.717) is 0 Å². The van der Waals surface area contributed by atoms with Gasteiger partial charge in [0.1, 0.15) is 0 Å². The van der Waals surface area contributed by atoms with E-state index in [1.54, 1.807) is 0 Å². The van der Waals surface area contributed by atoms with Crippen LogP contribution in [0.4, 0.5) is 0 Å². The molecule has 3 nitrogen and oxygen atoms in total. The molecule has 1 saturated heterocycles. The molecule has 0 aliphatic carbocycles. The molecule has 0 aromatic rings. The highest BCUT2D eigenvalue weighted by Gasteiger charge is 2.16. The average Bonchev–Trinajstić information content (AvgIpc) is 2.30. The van der Waals surface area contributed by atoms with Crippen LogP contribution in [0.5, 0.6) is 0 Å². The summed E-state index contributed by atoms with van der Waals surface area (Å²) in [5.74, 6) is 0.741. The summed E-state index contributed by atoms with van der Waals surface area (Å²) in [7, 11) is 0. The lowest BCUT2D eigenvalue weighted by Crippen LogP contribution is -2.30. The Hall–Kier alpha value is -0.590. The number of hydrogen-bond donors (Lipinski definition) is 1. The van der Waals surface area contributed by atoms with Gasteiger partial charge in [-0.05, 0) is 58.5 Å². The number of nitriles is 1. The minimum atomic E-state index is -0.196. The van der Waals surface area contributed by atoms with Crippen molar-refractivity contribution in [2.75, 3.05) is 26.3 Å². The first kappa shape index (κ1) is 13.5. The molecule has 1 rings (SSSR count). The molecule has 16 heavy (non-hydrogen) atoms. The molecular weight excluding hydrogens is 200 g/mol. The van der Waals surface area contributed by atoms with Gasteiger partial charge in [-0.25, -0.2) is 0 Å². The van der Waals surface area contributed by atoms with E-state index in [2.05, 4.69) is 11.4 Å². The van der Waals surface area contributed by atoms with Crippen molar-refractivity contribution in [1.82, 2.24) is 5.32 Å². The van der Waals surface area contributed by atoms with Crippen molar-refractivity contribution in [2.24, 2.45) is 11.3 Å². The standard InChI is InChI=1S/C13H24N2O/c1-13(2,11-14)6-3-9-16-10-12-4-7-15-8-5-12/h12,15H,3-10H2,1-2H3. The van der Waals surface area contributed by atoms with Gasteiger partial charge in [0.05, 0.1) is 11.5 Å². The van der Waals surface area contributed by atoms with Crippen LogP contribution in [0.2, 0.25) is 0 Å². The Kier molecular flexibility index (Phi) is 5.79. The van der Waals surface area contributed by atoms with Crippen LogP contribution in [-0.2, 0) is 4.74 Å². The molecule has 1 aliphatic rings. The highest BCUT2D eigenvalue weighted by molar-refractivity contribution is 4.91. The predicted octanol–water partition coefficient (Wildman–Crippen LogP) is 2.33. The minimum Gasteiger partial charge on any atom is -0.381 e. The molecule has 1 fully saturated rings. The highest BCUT2D eigenvalue weighted by Crippen LogP contribution is 2.20. The summed E-state index contributed by atoms with van der Waals surface area (Å²) in [6, 6.07) is 2.32. The third-order valence-electron chi connectivity index (χ3n) is 3.21. The van der Waals surface area contributed by atoms with Crippen LogP contribution in [0, 0.1) is 22.7 Å². The molecule has 0 bridgehead atoms. The Morgan fingerprint density at radius 1 is 1.38 bits per heavy atom. The van der Waals surface area contributed by atoms with Gasteiger partial charge in [-0.2, -0.15) is 5.26 Å². The lowest BCUT2D eigenvalue weighted by molar-refractivity contribution is 0.0819. The van der Waals surface area contributed by atoms with Crippen molar-refractivity contribution in [3.05, 3.63) is 0 Å². The largest absolute Gasteiger partial charge is 0.381 e. The lowest BCUT2D eigenvalue weighted by atomic mass is 9.90. The van der Waals surface area contributed by atoms with Gasteiger partial charge in [-0.15, -0.1) is 0 Å². The number of nitrogens with one attached hydrogen (secondary N) is 1. The van der Waals surface area contributed by atoms with Gasteiger partial charge in [0.2, 0.25) is 0 Å². The summed E-state index contributed by atoms with van der Waals surface area (Å²) < 4.78 is 5.68. The maximum atomic E-state index is 8.86. The third-order valence-corrected chi connectivity index (χ3v) is 3.21. The monoisotopic (exact) mass is 224 g/mol. The van der Waals surface area contributed by atoms with Crippen LogP contribution in [-0.4, -0.2) is 26.3 Å². The SMILES string of the molecule is CC(C)(C#N)CCCOCC1CCNCC1. The van der Waals surface area contributed by atoms with E-state index in [0.717, 1.165) is 45.1 Å². The Morgan fingerprint density at radius 3 is 2.69 bits per heavy atom. The number of nitrogens with zero attached hydrogens (tertiary/aromatic N) is 1. The van der Waals surface area contributed by atoms with Crippen LogP contribution in [0.15, 0.2) is 0 Å². The van der Waals surface area contributed by atoms with Crippen LogP contribution in [0.1, 0.15) is 39.5 Å². The second-order valence-corrected chi connectivity index (χ2v) is 5.37. The van der Waals surface area contributed by atoms with E-state index in [1.807, 2.05) is 13.8 Å². The molecule has 0 aromatic carbocycles. The Labute approximate surface area is 99.2 Å². The van der Waals surface area contributed by atoms with Crippen molar-refractivity contribution in [1.29, 1.82) is 5.26 Å². The molecule has 3 heteroatoms. The van der Waals surface area contributed by atoms with Gasteiger partial charge in [0.15, 0.2) is 0 Å². The maximum absolute atomic E-state index is 8.86. The molecular formula is C13H24N2O. The molecule has 92 valence electrons. The summed E-state index contributed by atoms with van der Waals surface area (Å²) in [6.45, 7) is 7.94. The topological polar surface area (TPSA) is 45.0 Å². The second kappa shape index (κ2) is 6.88. The molecule has 1 N–H and O–H groups in total. The Morgan fingerprint density at radius 2 is 2.06 bits per heavy atom. The zero-order chi connectivity index (χ0) is 11.9. The molecule has 1 aliphatic heterocycles. The van der Waals surface area contributed by atoms with Crippen molar-refractivity contribution < 1.29 is 4.74 Å². The molecule has 0 radical (unpaired) electrons. The summed E-state index contributed by atoms with van der Waals surface area (Å²) in [5, 5.41) is 12.2. The third kappa shape index (κ3) is 5.48. The fourth-order valence-corrected chi connectivity index (χ4v) is 1.97. The molecule has 1 heterocycles. The number of piperidine rings is 1. The van der Waals surface area contributed by atoms with Crippen molar-refractivity contribution in [2.45, 2.75) is 39.5 Å². The van der Waals surface area contributed by atoms with Crippen molar-refractivity contribution in [3.8, 4) is 6.07 Å². The summed E-state index contributed by atoms with van der Waals surface area (Å²) >= 11 is 0. The van der Waals surface area contributed by atoms with E-state index in [9.17, 15) is 0 Å². The van der Waals surface area contributed by atoms with E-state index in [-0.39, 0.29) is 5.41 Å². The van der Waals surface area contributed by atoms with Crippen LogP contribution in [0.25, 0.3) is 0 Å². The van der Waals surface area contributed by atoms with Crippen LogP contribution >= 0.6 is 0 Å². The van der Waals surface area contributed by atoms with Gasteiger partial charge in [-0.3, -0.25) is 0 Å². The average molecular weight is 224 g/mol. The predicted molar refractivity (Wildman–Crippen MR) is 65.0 cm³/mol. The van der Waals surface area contributed by atoms with E-state index in [4.69, 9.17) is 10.00 Å². The van der Waals surface area contributed by atoms with Gasteiger partial charge < -0.3 is 10.1 Å². The molecule has 0 spiro atoms. The smallest absolute Gasteiger partial charge is 0.0683 e. The summed E-state index contributed by atoms with van der Waals surface area (Å²) in [6.07, 6.45) is 4.40. The second-order valence-electron chi connectivity index (χ2n) is 5.37. The Balaban J connectivity index is 1.97. The molecule has 0 unspecified atom stereocenters. The van der Waals surface area contributed by atoms with E-state index < -0.39 is 0 Å². The lowest BCUT2D eigenvalue weighted by Gasteiger charge is -2.22. The Bertz CT molecular complexity index is 227. The van der Waals surface area contributed by atoms with E-state index >= 15 is 0 Å². The quantitative estimate of drug-likeness (QED) is 0.704. The van der Waals surface area contributed by atoms with Gasteiger partial charge in [0.25, 0.3) is 0 Å². The fraction of sp³-hybridized carbons (Fsp3) is 0.923. The molecule has 0 aromatic heterocycles. The fourth-order valence-electron chi connectivity index (χ4n) is 1.97. The maximum Gasteiger partial charge on any atom is 0.0683 e.